The van der Waals surface area contributed by atoms with E-state index in [0.717, 1.165) is 11.1 Å². The van der Waals surface area contributed by atoms with Crippen LogP contribution < -0.4 is 11.5 Å². The zero-order valence-corrected chi connectivity index (χ0v) is 12.1. The van der Waals surface area contributed by atoms with E-state index in [1.165, 1.54) is 0 Å². The minimum atomic E-state index is -1.03. The fourth-order valence-corrected chi connectivity index (χ4v) is 3.38. The summed E-state index contributed by atoms with van der Waals surface area (Å²) in [5, 5.41) is 0. The van der Waals surface area contributed by atoms with E-state index in [0.29, 0.717) is 11.5 Å². The molecular weight excluding hydrogens is 268 g/mol. The minimum Gasteiger partial charge on any atom is -0.323 e. The summed E-state index contributed by atoms with van der Waals surface area (Å²) in [6, 6.07) is 19.1. The summed E-state index contributed by atoms with van der Waals surface area (Å²) in [5.41, 5.74) is 14.2. The molecule has 4 N–H and O–H groups in total. The lowest BCUT2D eigenvalue weighted by atomic mass is 10.1. The van der Waals surface area contributed by atoms with Crippen molar-refractivity contribution in [2.75, 3.05) is 11.5 Å². The van der Waals surface area contributed by atoms with Gasteiger partial charge in [0.05, 0.1) is 0 Å². The van der Waals surface area contributed by atoms with E-state index < -0.39 is 10.8 Å². The second-order valence-corrected chi connectivity index (χ2v) is 6.35. The Morgan fingerprint density at radius 1 is 0.750 bits per heavy atom. The van der Waals surface area contributed by atoms with Gasteiger partial charge in [0.25, 0.3) is 0 Å². The summed E-state index contributed by atoms with van der Waals surface area (Å²) >= 11 is 0. The normalized spacial score (nSPS) is 15.5. The maximum absolute atomic E-state index is 12.2. The molecule has 3 nitrogen and oxygen atoms in total. The Hall–Kier alpha value is -1.49. The average Bonchev–Trinajstić information content (AvgIpc) is 2.49. The molecule has 0 bridgehead atoms. The number of rotatable bonds is 6. The Morgan fingerprint density at radius 3 is 1.45 bits per heavy atom. The van der Waals surface area contributed by atoms with Gasteiger partial charge in [-0.1, -0.05) is 60.7 Å². The van der Waals surface area contributed by atoms with Gasteiger partial charge in [-0.3, -0.25) is 4.21 Å². The molecule has 0 aliphatic heterocycles. The van der Waals surface area contributed by atoms with Gasteiger partial charge in [0.1, 0.15) is 0 Å². The number of nitrogens with two attached hydrogens (primary N) is 2. The lowest BCUT2D eigenvalue weighted by Gasteiger charge is -2.15. The van der Waals surface area contributed by atoms with Crippen LogP contribution >= 0.6 is 0 Å². The quantitative estimate of drug-likeness (QED) is 0.855. The first kappa shape index (κ1) is 14.9. The van der Waals surface area contributed by atoms with Crippen LogP contribution in [0.25, 0.3) is 0 Å². The average molecular weight is 288 g/mol. The van der Waals surface area contributed by atoms with Crippen LogP contribution in [0.5, 0.6) is 0 Å². The topological polar surface area (TPSA) is 69.1 Å². The number of benzene rings is 2. The molecule has 0 amide bonds. The van der Waals surface area contributed by atoms with Crippen molar-refractivity contribution in [1.82, 2.24) is 0 Å². The van der Waals surface area contributed by atoms with E-state index in [1.54, 1.807) is 0 Å². The van der Waals surface area contributed by atoms with Crippen molar-refractivity contribution in [3.8, 4) is 0 Å². The van der Waals surface area contributed by atoms with Crippen LogP contribution in [0, 0.1) is 0 Å². The molecule has 2 aromatic carbocycles. The Balaban J connectivity index is 1.90. The standard InChI is InChI=1S/C16H20N2OS/c17-15(13-7-3-1-4-8-13)11-20(19)12-16(18)14-9-5-2-6-10-14/h1-10,15-16H,11-12,17-18H2. The van der Waals surface area contributed by atoms with Crippen LogP contribution in [0.1, 0.15) is 23.2 Å². The first-order chi connectivity index (χ1) is 9.66. The smallest absolute Gasteiger partial charge is 0.0429 e. The fraction of sp³-hybridized carbons (Fsp3) is 0.250. The van der Waals surface area contributed by atoms with E-state index >= 15 is 0 Å². The molecule has 106 valence electrons. The van der Waals surface area contributed by atoms with Crippen LogP contribution in [-0.4, -0.2) is 15.7 Å². The Morgan fingerprint density at radius 2 is 1.10 bits per heavy atom. The fourth-order valence-electron chi connectivity index (χ4n) is 2.06. The summed E-state index contributed by atoms with van der Waals surface area (Å²) in [6.07, 6.45) is 0. The Kier molecular flexibility index (Phi) is 5.47. The minimum absolute atomic E-state index is 0.208. The van der Waals surface area contributed by atoms with Crippen LogP contribution in [0.4, 0.5) is 0 Å². The highest BCUT2D eigenvalue weighted by atomic mass is 32.2. The molecule has 0 fully saturated rings. The van der Waals surface area contributed by atoms with Gasteiger partial charge in [-0.15, -0.1) is 0 Å². The maximum atomic E-state index is 12.2. The van der Waals surface area contributed by atoms with E-state index in [2.05, 4.69) is 0 Å². The lowest BCUT2D eigenvalue weighted by molar-refractivity contribution is 0.667. The molecule has 0 spiro atoms. The van der Waals surface area contributed by atoms with Crippen molar-refractivity contribution in [2.24, 2.45) is 11.5 Å². The molecule has 4 heteroatoms. The molecule has 0 radical (unpaired) electrons. The second-order valence-electron chi connectivity index (χ2n) is 4.81. The highest BCUT2D eigenvalue weighted by Crippen LogP contribution is 2.14. The van der Waals surface area contributed by atoms with Crippen molar-refractivity contribution < 1.29 is 4.21 Å². The number of hydrogen-bond acceptors (Lipinski definition) is 3. The van der Waals surface area contributed by atoms with Crippen molar-refractivity contribution in [3.05, 3.63) is 71.8 Å². The summed E-state index contributed by atoms with van der Waals surface area (Å²) in [7, 11) is -1.03. The van der Waals surface area contributed by atoms with Crippen molar-refractivity contribution in [1.29, 1.82) is 0 Å². The molecule has 0 aromatic heterocycles. The van der Waals surface area contributed by atoms with Crippen LogP contribution in [-0.2, 0) is 10.8 Å². The van der Waals surface area contributed by atoms with Crippen molar-refractivity contribution >= 4 is 10.8 Å². The molecule has 20 heavy (non-hydrogen) atoms. The Labute approximate surface area is 122 Å². The zero-order chi connectivity index (χ0) is 14.4. The predicted octanol–water partition coefficient (Wildman–Crippen LogP) is 2.14. The van der Waals surface area contributed by atoms with Gasteiger partial charge in [-0.05, 0) is 11.1 Å². The van der Waals surface area contributed by atoms with Crippen molar-refractivity contribution in [3.63, 3.8) is 0 Å². The molecule has 0 saturated heterocycles. The molecule has 2 rings (SSSR count). The second kappa shape index (κ2) is 7.33. The monoisotopic (exact) mass is 288 g/mol. The van der Waals surface area contributed by atoms with Gasteiger partial charge >= 0.3 is 0 Å². The third-order valence-electron chi connectivity index (χ3n) is 3.19. The molecule has 0 saturated carbocycles. The van der Waals surface area contributed by atoms with Gasteiger partial charge < -0.3 is 11.5 Å². The van der Waals surface area contributed by atoms with E-state index in [1.807, 2.05) is 60.7 Å². The SMILES string of the molecule is NC(CS(=O)CC(N)c1ccccc1)c1ccccc1. The predicted molar refractivity (Wildman–Crippen MR) is 84.6 cm³/mol. The molecule has 2 unspecified atom stereocenters. The van der Waals surface area contributed by atoms with Gasteiger partial charge in [0.15, 0.2) is 0 Å². The largest absolute Gasteiger partial charge is 0.323 e. The summed E-state index contributed by atoms with van der Waals surface area (Å²) in [6.45, 7) is 0. The van der Waals surface area contributed by atoms with Gasteiger partial charge in [-0.2, -0.15) is 0 Å². The van der Waals surface area contributed by atoms with E-state index in [4.69, 9.17) is 11.5 Å². The van der Waals surface area contributed by atoms with Gasteiger partial charge in [-0.25, -0.2) is 0 Å². The van der Waals surface area contributed by atoms with Gasteiger partial charge in [0, 0.05) is 34.4 Å². The van der Waals surface area contributed by atoms with Crippen LogP contribution in [0.2, 0.25) is 0 Å². The van der Waals surface area contributed by atoms with Gasteiger partial charge in [0.2, 0.25) is 0 Å². The molecule has 0 heterocycles. The lowest BCUT2D eigenvalue weighted by Crippen LogP contribution is -2.24. The first-order valence-electron chi connectivity index (χ1n) is 6.63. The van der Waals surface area contributed by atoms with Crippen molar-refractivity contribution in [2.45, 2.75) is 12.1 Å². The first-order valence-corrected chi connectivity index (χ1v) is 8.11. The molecule has 0 aliphatic rings. The number of hydrogen-bond donors (Lipinski definition) is 2. The third kappa shape index (κ3) is 4.27. The molecule has 2 aromatic rings. The van der Waals surface area contributed by atoms with Crippen LogP contribution in [0.15, 0.2) is 60.7 Å². The third-order valence-corrected chi connectivity index (χ3v) is 4.65. The Bertz CT molecular complexity index is 495. The molecule has 0 aliphatic carbocycles. The highest BCUT2D eigenvalue weighted by Gasteiger charge is 2.14. The van der Waals surface area contributed by atoms with Crippen LogP contribution in [0.3, 0.4) is 0 Å². The van der Waals surface area contributed by atoms with E-state index in [-0.39, 0.29) is 12.1 Å². The highest BCUT2D eigenvalue weighted by molar-refractivity contribution is 7.85. The molecule has 2 atom stereocenters. The summed E-state index contributed by atoms with van der Waals surface area (Å²) < 4.78 is 12.2. The zero-order valence-electron chi connectivity index (χ0n) is 11.3. The molecular formula is C16H20N2OS. The van der Waals surface area contributed by atoms with E-state index in [9.17, 15) is 4.21 Å². The summed E-state index contributed by atoms with van der Waals surface area (Å²) in [5.74, 6) is 0.870. The summed E-state index contributed by atoms with van der Waals surface area (Å²) in [4.78, 5) is 0. The maximum Gasteiger partial charge on any atom is 0.0429 e.